The maximum absolute atomic E-state index is 13.9. The predicted octanol–water partition coefficient (Wildman–Crippen LogP) is 5.80. The van der Waals surface area contributed by atoms with Gasteiger partial charge < -0.3 is 5.32 Å². The van der Waals surface area contributed by atoms with Gasteiger partial charge in [-0.05, 0) is 49.7 Å². The van der Waals surface area contributed by atoms with Crippen molar-refractivity contribution in [3.05, 3.63) is 58.3 Å². The van der Waals surface area contributed by atoms with Gasteiger partial charge in [0.05, 0.1) is 0 Å². The number of rotatable bonds is 6. The fourth-order valence-corrected chi connectivity index (χ4v) is 3.68. The molecule has 0 fully saturated rings. The lowest BCUT2D eigenvalue weighted by Gasteiger charge is -2.18. The van der Waals surface area contributed by atoms with Gasteiger partial charge in [0.1, 0.15) is 5.82 Å². The Labute approximate surface area is 138 Å². The second kappa shape index (κ2) is 7.97. The number of benzene rings is 2. The lowest BCUT2D eigenvalue weighted by atomic mass is 10.1. The molecule has 0 amide bonds. The van der Waals surface area contributed by atoms with E-state index in [4.69, 9.17) is 0 Å². The van der Waals surface area contributed by atoms with Crippen molar-refractivity contribution in [3.8, 4) is 0 Å². The predicted molar refractivity (Wildman–Crippen MR) is 91.4 cm³/mol. The molecule has 0 aliphatic carbocycles. The third-order valence-electron chi connectivity index (χ3n) is 3.20. The van der Waals surface area contributed by atoms with Gasteiger partial charge >= 0.3 is 0 Å². The lowest BCUT2D eigenvalue weighted by molar-refractivity contribution is 0.563. The highest BCUT2D eigenvalue weighted by Gasteiger charge is 2.13. The summed E-state index contributed by atoms with van der Waals surface area (Å²) in [6.07, 6.45) is 1.09. The van der Waals surface area contributed by atoms with Crippen LogP contribution < -0.4 is 5.32 Å². The van der Waals surface area contributed by atoms with E-state index in [9.17, 15) is 4.39 Å². The van der Waals surface area contributed by atoms with E-state index in [0.29, 0.717) is 4.90 Å². The van der Waals surface area contributed by atoms with Gasteiger partial charge in [0.2, 0.25) is 0 Å². The minimum atomic E-state index is -0.178. The zero-order chi connectivity index (χ0) is 15.2. The molecule has 2 aromatic rings. The van der Waals surface area contributed by atoms with Crippen molar-refractivity contribution in [1.82, 2.24) is 5.32 Å². The molecule has 1 nitrogen and oxygen atoms in total. The molecule has 1 atom stereocenters. The first kappa shape index (κ1) is 16.5. The molecule has 0 radical (unpaired) electrons. The van der Waals surface area contributed by atoms with Gasteiger partial charge in [-0.2, -0.15) is 0 Å². The van der Waals surface area contributed by atoms with Gasteiger partial charge in [0, 0.05) is 20.3 Å². The minimum absolute atomic E-state index is 0.178. The number of hydrogen-bond donors (Lipinski definition) is 1. The number of hydrogen-bond acceptors (Lipinski definition) is 2. The second-order valence-electron chi connectivity index (χ2n) is 4.89. The van der Waals surface area contributed by atoms with Crippen LogP contribution in [0.3, 0.4) is 0 Å². The molecular weight excluding hydrogens is 349 g/mol. The van der Waals surface area contributed by atoms with Crippen molar-refractivity contribution in [2.75, 3.05) is 6.54 Å². The molecule has 0 bridgehead atoms. The smallest absolute Gasteiger partial charge is 0.137 e. The summed E-state index contributed by atoms with van der Waals surface area (Å²) < 4.78 is 14.9. The van der Waals surface area contributed by atoms with Crippen LogP contribution in [-0.2, 0) is 0 Å². The van der Waals surface area contributed by atoms with Gasteiger partial charge in [0.15, 0.2) is 0 Å². The summed E-state index contributed by atoms with van der Waals surface area (Å²) in [5, 5.41) is 3.49. The highest BCUT2D eigenvalue weighted by molar-refractivity contribution is 9.10. The van der Waals surface area contributed by atoms with E-state index in [1.165, 1.54) is 23.4 Å². The van der Waals surface area contributed by atoms with E-state index < -0.39 is 0 Å². The zero-order valence-electron chi connectivity index (χ0n) is 12.2. The summed E-state index contributed by atoms with van der Waals surface area (Å²) in [4.78, 5) is 1.73. The maximum Gasteiger partial charge on any atom is 0.137 e. The number of nitrogens with one attached hydrogen (secondary N) is 1. The summed E-state index contributed by atoms with van der Waals surface area (Å²) in [5.74, 6) is -0.178. The standard InChI is InChI=1S/C17H19BrFNS/c1-3-10-20-12(2)14-9-8-13(18)11-17(14)21-16-7-5-4-6-15(16)19/h4-9,11-12,20H,3,10H2,1-2H3. The largest absolute Gasteiger partial charge is 0.310 e. The summed E-state index contributed by atoms with van der Waals surface area (Å²) in [6.45, 7) is 5.27. The first-order valence-electron chi connectivity index (χ1n) is 7.07. The zero-order valence-corrected chi connectivity index (χ0v) is 14.6. The molecule has 0 aliphatic heterocycles. The summed E-state index contributed by atoms with van der Waals surface area (Å²) in [7, 11) is 0. The van der Waals surface area contributed by atoms with Crippen molar-refractivity contribution in [1.29, 1.82) is 0 Å². The quantitative estimate of drug-likeness (QED) is 0.692. The van der Waals surface area contributed by atoms with Crippen LogP contribution >= 0.6 is 27.7 Å². The molecule has 0 saturated heterocycles. The second-order valence-corrected chi connectivity index (χ2v) is 6.89. The monoisotopic (exact) mass is 367 g/mol. The maximum atomic E-state index is 13.9. The van der Waals surface area contributed by atoms with E-state index in [2.05, 4.69) is 47.2 Å². The van der Waals surface area contributed by atoms with Crippen LogP contribution in [0.1, 0.15) is 31.9 Å². The van der Waals surface area contributed by atoms with Crippen LogP contribution in [0.2, 0.25) is 0 Å². The molecule has 1 N–H and O–H groups in total. The van der Waals surface area contributed by atoms with Crippen molar-refractivity contribution in [3.63, 3.8) is 0 Å². The lowest BCUT2D eigenvalue weighted by Crippen LogP contribution is -2.19. The van der Waals surface area contributed by atoms with Crippen LogP contribution in [0, 0.1) is 5.82 Å². The topological polar surface area (TPSA) is 12.0 Å². The van der Waals surface area contributed by atoms with Crippen molar-refractivity contribution < 1.29 is 4.39 Å². The number of halogens is 2. The molecule has 2 aromatic carbocycles. The van der Waals surface area contributed by atoms with E-state index >= 15 is 0 Å². The molecule has 0 heterocycles. The van der Waals surface area contributed by atoms with E-state index in [0.717, 1.165) is 22.3 Å². The molecule has 2 rings (SSSR count). The van der Waals surface area contributed by atoms with Gasteiger partial charge in [-0.25, -0.2) is 4.39 Å². The Morgan fingerprint density at radius 3 is 2.67 bits per heavy atom. The Morgan fingerprint density at radius 2 is 1.95 bits per heavy atom. The summed E-state index contributed by atoms with van der Waals surface area (Å²) in [6, 6.07) is 13.3. The third kappa shape index (κ3) is 4.56. The summed E-state index contributed by atoms with van der Waals surface area (Å²) in [5.41, 5.74) is 1.19. The molecule has 21 heavy (non-hydrogen) atoms. The fourth-order valence-electron chi connectivity index (χ4n) is 2.07. The molecular formula is C17H19BrFNS. The Bertz CT molecular complexity index is 603. The molecule has 0 saturated carbocycles. The van der Waals surface area contributed by atoms with Crippen LogP contribution in [0.4, 0.5) is 4.39 Å². The highest BCUT2D eigenvalue weighted by Crippen LogP contribution is 2.36. The van der Waals surface area contributed by atoms with Crippen molar-refractivity contribution >= 4 is 27.7 Å². The minimum Gasteiger partial charge on any atom is -0.310 e. The van der Waals surface area contributed by atoms with Crippen LogP contribution in [0.15, 0.2) is 56.7 Å². The first-order valence-corrected chi connectivity index (χ1v) is 8.68. The SMILES string of the molecule is CCCNC(C)c1ccc(Br)cc1Sc1ccccc1F. The molecule has 1 unspecified atom stereocenters. The van der Waals surface area contributed by atoms with Gasteiger partial charge in [-0.3, -0.25) is 0 Å². The van der Waals surface area contributed by atoms with Crippen LogP contribution in [0.5, 0.6) is 0 Å². The third-order valence-corrected chi connectivity index (χ3v) is 4.82. The van der Waals surface area contributed by atoms with Gasteiger partial charge in [-0.15, -0.1) is 0 Å². The summed E-state index contributed by atoms with van der Waals surface area (Å²) >= 11 is 4.97. The molecule has 0 aromatic heterocycles. The average molecular weight is 368 g/mol. The normalized spacial score (nSPS) is 12.4. The van der Waals surface area contributed by atoms with E-state index in [1.807, 2.05) is 18.2 Å². The molecule has 0 aliphatic rings. The molecule has 0 spiro atoms. The molecule has 4 heteroatoms. The Kier molecular flexibility index (Phi) is 6.27. The van der Waals surface area contributed by atoms with Crippen LogP contribution in [0.25, 0.3) is 0 Å². The average Bonchev–Trinajstić information content (AvgIpc) is 2.47. The Morgan fingerprint density at radius 1 is 1.19 bits per heavy atom. The van der Waals surface area contributed by atoms with Crippen LogP contribution in [-0.4, -0.2) is 6.54 Å². The van der Waals surface area contributed by atoms with Gasteiger partial charge in [-0.1, -0.05) is 52.8 Å². The van der Waals surface area contributed by atoms with Crippen molar-refractivity contribution in [2.24, 2.45) is 0 Å². The first-order chi connectivity index (χ1) is 10.1. The molecule has 112 valence electrons. The van der Waals surface area contributed by atoms with Crippen molar-refractivity contribution in [2.45, 2.75) is 36.1 Å². The highest BCUT2D eigenvalue weighted by atomic mass is 79.9. The van der Waals surface area contributed by atoms with E-state index in [1.54, 1.807) is 6.07 Å². The Hall–Kier alpha value is -0.840. The van der Waals surface area contributed by atoms with Gasteiger partial charge in [0.25, 0.3) is 0 Å². The fraction of sp³-hybridized carbons (Fsp3) is 0.294. The Balaban J connectivity index is 2.29. The van der Waals surface area contributed by atoms with E-state index in [-0.39, 0.29) is 11.9 Å².